The van der Waals surface area contributed by atoms with Crippen LogP contribution in [0.3, 0.4) is 0 Å². The summed E-state index contributed by atoms with van der Waals surface area (Å²) in [4.78, 5) is 13.8. The van der Waals surface area contributed by atoms with Gasteiger partial charge in [0.05, 0.1) is 8.07 Å². The maximum absolute atomic E-state index is 4.72. The molecule has 0 amide bonds. The largest absolute Gasteiger partial charge is 0.356 e. The zero-order valence-corrected chi connectivity index (χ0v) is 32.4. The van der Waals surface area contributed by atoms with Crippen LogP contribution in [0.1, 0.15) is 64.3 Å². The molecule has 0 unspecified atom stereocenters. The molecule has 0 fully saturated rings. The number of benzene rings is 2. The topological polar surface area (TPSA) is 38.7 Å². The molecule has 5 heteroatoms. The summed E-state index contributed by atoms with van der Waals surface area (Å²) in [5.74, 6) is 1.68. The fourth-order valence-corrected chi connectivity index (χ4v) is 7.03. The predicted octanol–water partition coefficient (Wildman–Crippen LogP) is 10.2. The molecular formula is C41H49IrN3Si-2. The Kier molecular flexibility index (Phi) is 13.8. The van der Waals surface area contributed by atoms with E-state index in [4.69, 9.17) is 4.98 Å². The van der Waals surface area contributed by atoms with Gasteiger partial charge in [-0.25, -0.2) is 0 Å². The van der Waals surface area contributed by atoms with Gasteiger partial charge in [0.15, 0.2) is 0 Å². The molecule has 46 heavy (non-hydrogen) atoms. The standard InChI is InChI=1S/C21H20N.C20H29N2Si.Ir/c1-16(2)13-19-14-21(18-11-7-4-8-12-18)22-15-20(19)17-9-5-3-6-10-17;1-14(2)10-17-11-19(22-13-20(17)23(5,6)7)16-8-9-18(15(3)4)21-12-16;/h3-11,14-16H,13H2,1-2H3;8-9,11,13-15H,10H2,1-7H3;/q2*-1;. The molecular weight excluding hydrogens is 755 g/mol. The van der Waals surface area contributed by atoms with E-state index < -0.39 is 8.07 Å². The van der Waals surface area contributed by atoms with E-state index in [9.17, 15) is 0 Å². The molecule has 2 aromatic carbocycles. The Labute approximate surface area is 292 Å². The zero-order valence-electron chi connectivity index (χ0n) is 29.0. The summed E-state index contributed by atoms with van der Waals surface area (Å²) in [5, 5.41) is 1.47. The van der Waals surface area contributed by atoms with Crippen LogP contribution in [0.25, 0.3) is 33.6 Å². The van der Waals surface area contributed by atoms with E-state index in [0.717, 1.165) is 41.1 Å². The molecule has 0 atom stereocenters. The van der Waals surface area contributed by atoms with Gasteiger partial charge in [0.1, 0.15) is 0 Å². The Morgan fingerprint density at radius 2 is 1.28 bits per heavy atom. The van der Waals surface area contributed by atoms with Crippen LogP contribution < -0.4 is 5.19 Å². The molecule has 1 radical (unpaired) electrons. The van der Waals surface area contributed by atoms with Gasteiger partial charge in [-0.2, -0.15) is 0 Å². The Bertz CT molecular complexity index is 1640. The van der Waals surface area contributed by atoms with Crippen molar-refractivity contribution in [1.82, 2.24) is 15.0 Å². The minimum atomic E-state index is -1.38. The molecule has 5 aromatic rings. The third-order valence-electron chi connectivity index (χ3n) is 7.71. The van der Waals surface area contributed by atoms with Crippen molar-refractivity contribution in [2.45, 2.75) is 79.9 Å². The van der Waals surface area contributed by atoms with Crippen molar-refractivity contribution in [3.8, 4) is 33.6 Å². The predicted molar refractivity (Wildman–Crippen MR) is 194 cm³/mol. The first kappa shape index (κ1) is 37.2. The fourth-order valence-electron chi connectivity index (χ4n) is 5.44. The van der Waals surface area contributed by atoms with Gasteiger partial charge in [-0.1, -0.05) is 109 Å². The number of aromatic nitrogens is 3. The van der Waals surface area contributed by atoms with Crippen molar-refractivity contribution in [2.75, 3.05) is 0 Å². The van der Waals surface area contributed by atoms with Gasteiger partial charge in [-0.3, -0.25) is 0 Å². The average molecular weight is 804 g/mol. The molecule has 0 saturated heterocycles. The average Bonchev–Trinajstić information content (AvgIpc) is 3.01. The van der Waals surface area contributed by atoms with Gasteiger partial charge >= 0.3 is 0 Å². The third kappa shape index (κ3) is 10.4. The number of hydrogen-bond acceptors (Lipinski definition) is 3. The summed E-state index contributed by atoms with van der Waals surface area (Å²) in [6, 6.07) is 30.4. The second-order valence-corrected chi connectivity index (χ2v) is 19.1. The van der Waals surface area contributed by atoms with Crippen LogP contribution in [0.2, 0.25) is 19.6 Å². The van der Waals surface area contributed by atoms with Crippen molar-refractivity contribution in [3.05, 3.63) is 120 Å². The normalized spacial score (nSPS) is 11.3. The minimum Gasteiger partial charge on any atom is -0.356 e. The van der Waals surface area contributed by atoms with Crippen LogP contribution in [-0.2, 0) is 32.9 Å². The number of hydrogen-bond donors (Lipinski definition) is 0. The van der Waals surface area contributed by atoms with Gasteiger partial charge in [0, 0.05) is 38.1 Å². The van der Waals surface area contributed by atoms with Crippen LogP contribution in [0, 0.1) is 24.1 Å². The first-order valence-electron chi connectivity index (χ1n) is 16.3. The maximum Gasteiger partial charge on any atom is 0.0798 e. The molecule has 0 aliphatic rings. The van der Waals surface area contributed by atoms with Crippen LogP contribution in [0.5, 0.6) is 0 Å². The summed E-state index contributed by atoms with van der Waals surface area (Å²) in [5.41, 5.74) is 10.4. The molecule has 3 nitrogen and oxygen atoms in total. The maximum atomic E-state index is 4.72. The Hall–Kier alpha value is -3.24. The number of pyridine rings is 3. The van der Waals surface area contributed by atoms with Gasteiger partial charge < -0.3 is 15.0 Å². The molecule has 0 bridgehead atoms. The van der Waals surface area contributed by atoms with Crippen molar-refractivity contribution in [1.29, 1.82) is 0 Å². The minimum absolute atomic E-state index is 0. The summed E-state index contributed by atoms with van der Waals surface area (Å²) in [7, 11) is -1.38. The second kappa shape index (κ2) is 17.1. The molecule has 0 aliphatic carbocycles. The van der Waals surface area contributed by atoms with E-state index in [1.165, 1.54) is 27.4 Å². The van der Waals surface area contributed by atoms with Crippen molar-refractivity contribution >= 4 is 13.3 Å². The van der Waals surface area contributed by atoms with E-state index in [2.05, 4.69) is 144 Å². The molecule has 5 rings (SSSR count). The van der Waals surface area contributed by atoms with Gasteiger partial charge in [0.2, 0.25) is 0 Å². The molecule has 0 aliphatic heterocycles. The van der Waals surface area contributed by atoms with Gasteiger partial charge in [-0.05, 0) is 70.2 Å². The molecule has 243 valence electrons. The van der Waals surface area contributed by atoms with Crippen molar-refractivity contribution in [2.24, 2.45) is 11.8 Å². The summed E-state index contributed by atoms with van der Waals surface area (Å²) < 4.78 is 0. The Morgan fingerprint density at radius 3 is 1.85 bits per heavy atom. The zero-order chi connectivity index (χ0) is 32.6. The summed E-state index contributed by atoms with van der Waals surface area (Å²) in [6.45, 7) is 20.5. The summed E-state index contributed by atoms with van der Waals surface area (Å²) >= 11 is 0. The Balaban J connectivity index is 0.000000245. The molecule has 3 aromatic heterocycles. The van der Waals surface area contributed by atoms with Crippen LogP contribution >= 0.6 is 0 Å². The quantitative estimate of drug-likeness (QED) is 0.110. The van der Waals surface area contributed by atoms with E-state index in [0.29, 0.717) is 17.8 Å². The first-order chi connectivity index (χ1) is 21.4. The van der Waals surface area contributed by atoms with Gasteiger partial charge in [0.25, 0.3) is 0 Å². The second-order valence-electron chi connectivity index (χ2n) is 14.1. The monoisotopic (exact) mass is 804 g/mol. The SMILES string of the molecule is CC(C)Cc1cc(-c2[c-]cccc2)ncc1-c1ccccc1.CC(C)Cc1cc(-c2[c-]nc(C(C)C)cc2)ncc1[Si](C)(C)C.[Ir]. The number of rotatable bonds is 9. The number of nitrogens with zero attached hydrogens (tertiary/aromatic N) is 3. The van der Waals surface area contributed by atoms with Crippen LogP contribution in [0.15, 0.2) is 91.3 Å². The van der Waals surface area contributed by atoms with E-state index in [1.807, 2.05) is 30.5 Å². The first-order valence-corrected chi connectivity index (χ1v) is 19.8. The van der Waals surface area contributed by atoms with Crippen molar-refractivity contribution in [3.63, 3.8) is 0 Å². The molecule has 0 N–H and O–H groups in total. The third-order valence-corrected chi connectivity index (χ3v) is 9.77. The molecule has 0 saturated carbocycles. The van der Waals surface area contributed by atoms with Crippen LogP contribution in [-0.4, -0.2) is 23.0 Å². The van der Waals surface area contributed by atoms with E-state index in [1.54, 1.807) is 0 Å². The fraction of sp³-hybridized carbons (Fsp3) is 0.341. The molecule has 0 spiro atoms. The van der Waals surface area contributed by atoms with Crippen LogP contribution in [0.4, 0.5) is 0 Å². The smallest absolute Gasteiger partial charge is 0.0798 e. The Morgan fingerprint density at radius 1 is 0.674 bits per heavy atom. The van der Waals surface area contributed by atoms with Crippen molar-refractivity contribution < 1.29 is 20.1 Å². The van der Waals surface area contributed by atoms with Gasteiger partial charge in [-0.15, -0.1) is 53.6 Å². The summed E-state index contributed by atoms with van der Waals surface area (Å²) in [6.07, 6.45) is 9.43. The van der Waals surface area contributed by atoms with E-state index >= 15 is 0 Å². The molecule has 3 heterocycles. The van der Waals surface area contributed by atoms with E-state index in [-0.39, 0.29) is 20.1 Å².